The zero-order valence-electron chi connectivity index (χ0n) is 17.0. The van der Waals surface area contributed by atoms with Gasteiger partial charge in [0.15, 0.2) is 11.7 Å². The first-order valence-corrected chi connectivity index (χ1v) is 11.1. The number of benzene rings is 2. The van der Waals surface area contributed by atoms with Gasteiger partial charge in [-0.2, -0.15) is 0 Å². The summed E-state index contributed by atoms with van der Waals surface area (Å²) in [7, 11) is 2.17. The molecule has 1 radical (unpaired) electrons. The highest BCUT2D eigenvalue weighted by Crippen LogP contribution is 2.31. The number of likely N-dealkylation sites (tertiary alicyclic amines) is 1. The van der Waals surface area contributed by atoms with Gasteiger partial charge in [-0.15, -0.1) is 11.3 Å². The molecule has 1 aliphatic heterocycles. The molecule has 29 heavy (non-hydrogen) atoms. The van der Waals surface area contributed by atoms with E-state index < -0.39 is 0 Å². The van der Waals surface area contributed by atoms with Gasteiger partial charge >= 0.3 is 0 Å². The van der Waals surface area contributed by atoms with Gasteiger partial charge in [-0.25, -0.2) is 9.37 Å². The summed E-state index contributed by atoms with van der Waals surface area (Å²) in [4.78, 5) is 9.25. The summed E-state index contributed by atoms with van der Waals surface area (Å²) in [5.41, 5.74) is 5.25. The standard InChI is InChI=1S/C23H27FN3OS/c1-3-5-22(28-19-10-8-17(24)9-11-19)27-14-12-18(13-15-27)26(2)20-6-4-7-21-23(20)25-16-29-21/h4,6-11,18,22H,3,5,12-15H2,1-2H3. The first-order chi connectivity index (χ1) is 14.2. The third-order valence-electron chi connectivity index (χ3n) is 5.75. The molecule has 2 aromatic carbocycles. The maximum atomic E-state index is 13.2. The number of fused-ring (bicyclic) bond motifs is 1. The zero-order valence-corrected chi connectivity index (χ0v) is 17.8. The van der Waals surface area contributed by atoms with Crippen LogP contribution in [0.4, 0.5) is 10.1 Å². The molecule has 1 unspecified atom stereocenters. The third-order valence-corrected chi connectivity index (χ3v) is 6.48. The highest BCUT2D eigenvalue weighted by Gasteiger charge is 2.28. The van der Waals surface area contributed by atoms with Gasteiger partial charge in [0.25, 0.3) is 0 Å². The number of aromatic nitrogens is 1. The Hall–Kier alpha value is -2.18. The number of piperidine rings is 1. The average Bonchev–Trinajstić information content (AvgIpc) is 3.23. The molecule has 0 N–H and O–H groups in total. The van der Waals surface area contributed by atoms with Crippen molar-refractivity contribution in [1.82, 2.24) is 9.88 Å². The lowest BCUT2D eigenvalue weighted by molar-refractivity contribution is 0.00266. The van der Waals surface area contributed by atoms with Gasteiger partial charge in [0.05, 0.1) is 10.4 Å². The van der Waals surface area contributed by atoms with Crippen molar-refractivity contribution in [2.75, 3.05) is 25.0 Å². The summed E-state index contributed by atoms with van der Waals surface area (Å²) >= 11 is 1.57. The molecule has 4 rings (SSSR count). The van der Waals surface area contributed by atoms with E-state index in [2.05, 4.69) is 52.5 Å². The lowest BCUT2D eigenvalue weighted by Gasteiger charge is -2.41. The summed E-state index contributed by atoms with van der Waals surface area (Å²) in [6.07, 6.45) is 4.20. The minimum Gasteiger partial charge on any atom is -0.475 e. The molecule has 0 aliphatic carbocycles. The molecule has 1 atom stereocenters. The minimum atomic E-state index is -0.235. The van der Waals surface area contributed by atoms with Crippen LogP contribution in [0.15, 0.2) is 42.5 Å². The van der Waals surface area contributed by atoms with Gasteiger partial charge in [-0.3, -0.25) is 4.90 Å². The SMILES string of the molecule is CCCC(Oc1ccc(F)cc1)N1CCC(N(C)c2cccc3s[c]nc23)CC1. The van der Waals surface area contributed by atoms with E-state index in [4.69, 9.17) is 4.74 Å². The smallest absolute Gasteiger partial charge is 0.153 e. The van der Waals surface area contributed by atoms with Crippen molar-refractivity contribution in [1.29, 1.82) is 0 Å². The monoisotopic (exact) mass is 412 g/mol. The number of nitrogens with zero attached hydrogens (tertiary/aromatic N) is 3. The van der Waals surface area contributed by atoms with Gasteiger partial charge in [0, 0.05) is 26.2 Å². The Morgan fingerprint density at radius 2 is 2.00 bits per heavy atom. The van der Waals surface area contributed by atoms with Crippen molar-refractivity contribution in [3.05, 3.63) is 53.8 Å². The summed E-state index contributed by atoms with van der Waals surface area (Å²) in [6.45, 7) is 4.15. The first-order valence-electron chi connectivity index (χ1n) is 10.3. The van der Waals surface area contributed by atoms with Gasteiger partial charge in [0.2, 0.25) is 0 Å². The second kappa shape index (κ2) is 9.09. The van der Waals surface area contributed by atoms with Crippen molar-refractivity contribution in [2.24, 2.45) is 0 Å². The number of hydrogen-bond donors (Lipinski definition) is 0. The van der Waals surface area contributed by atoms with E-state index in [9.17, 15) is 4.39 Å². The van der Waals surface area contributed by atoms with E-state index in [1.807, 2.05) is 0 Å². The molecule has 1 saturated heterocycles. The number of thiazole rings is 1. The maximum absolute atomic E-state index is 13.2. The quantitative estimate of drug-likeness (QED) is 0.524. The van der Waals surface area contributed by atoms with Crippen LogP contribution in [-0.2, 0) is 0 Å². The molecule has 1 fully saturated rings. The van der Waals surface area contributed by atoms with Crippen LogP contribution in [0.1, 0.15) is 32.6 Å². The van der Waals surface area contributed by atoms with Crippen LogP contribution in [0.3, 0.4) is 0 Å². The van der Waals surface area contributed by atoms with E-state index >= 15 is 0 Å². The number of para-hydroxylation sites is 1. The lowest BCUT2D eigenvalue weighted by Crippen LogP contribution is -2.49. The summed E-state index contributed by atoms with van der Waals surface area (Å²) < 4.78 is 20.6. The topological polar surface area (TPSA) is 28.6 Å². The van der Waals surface area contributed by atoms with E-state index in [1.54, 1.807) is 23.5 Å². The van der Waals surface area contributed by atoms with Crippen molar-refractivity contribution in [3.8, 4) is 5.75 Å². The lowest BCUT2D eigenvalue weighted by atomic mass is 10.0. The van der Waals surface area contributed by atoms with Crippen LogP contribution in [-0.4, -0.2) is 42.3 Å². The Balaban J connectivity index is 1.40. The number of ether oxygens (including phenoxy) is 1. The summed E-state index contributed by atoms with van der Waals surface area (Å²) in [5, 5.41) is 0. The molecule has 0 amide bonds. The predicted octanol–water partition coefficient (Wildman–Crippen LogP) is 5.34. The Kier molecular flexibility index (Phi) is 6.31. The fourth-order valence-corrected chi connectivity index (χ4v) is 4.73. The highest BCUT2D eigenvalue weighted by molar-refractivity contribution is 7.16. The third kappa shape index (κ3) is 4.54. The second-order valence-corrected chi connectivity index (χ2v) is 8.45. The van der Waals surface area contributed by atoms with E-state index in [0.29, 0.717) is 6.04 Å². The normalized spacial score (nSPS) is 16.8. The highest BCUT2D eigenvalue weighted by atomic mass is 32.1. The predicted molar refractivity (Wildman–Crippen MR) is 117 cm³/mol. The molecule has 0 bridgehead atoms. The summed E-state index contributed by atoms with van der Waals surface area (Å²) in [6, 6.07) is 13.2. The molecular weight excluding hydrogens is 385 g/mol. The van der Waals surface area contributed by atoms with E-state index in [0.717, 1.165) is 50.0 Å². The van der Waals surface area contributed by atoms with Crippen LogP contribution in [0.5, 0.6) is 5.75 Å². The van der Waals surface area contributed by atoms with Crippen LogP contribution in [0.25, 0.3) is 10.2 Å². The molecule has 0 saturated carbocycles. The fraction of sp³-hybridized carbons (Fsp3) is 0.435. The average molecular weight is 413 g/mol. The minimum absolute atomic E-state index is 0.0355. The van der Waals surface area contributed by atoms with Gasteiger partial charge < -0.3 is 9.64 Å². The van der Waals surface area contributed by atoms with Crippen molar-refractivity contribution in [3.63, 3.8) is 0 Å². The van der Waals surface area contributed by atoms with Crippen LogP contribution in [0, 0.1) is 11.3 Å². The molecular formula is C23H27FN3OS. The van der Waals surface area contributed by atoms with Crippen molar-refractivity contribution < 1.29 is 9.13 Å². The Bertz CT molecular complexity index is 921. The molecule has 153 valence electrons. The molecule has 0 spiro atoms. The second-order valence-electron chi connectivity index (χ2n) is 7.62. The zero-order chi connectivity index (χ0) is 20.2. The number of hydrogen-bond acceptors (Lipinski definition) is 5. The van der Waals surface area contributed by atoms with Gasteiger partial charge in [-0.1, -0.05) is 19.4 Å². The number of anilines is 1. The number of halogens is 1. The van der Waals surface area contributed by atoms with E-state index in [1.165, 1.54) is 22.5 Å². The Morgan fingerprint density at radius 1 is 1.24 bits per heavy atom. The summed E-state index contributed by atoms with van der Waals surface area (Å²) in [5.74, 6) is 0.497. The largest absolute Gasteiger partial charge is 0.475 e. The number of rotatable bonds is 7. The molecule has 1 aromatic heterocycles. The molecule has 4 nitrogen and oxygen atoms in total. The molecule has 2 heterocycles. The molecule has 1 aliphatic rings. The van der Waals surface area contributed by atoms with Crippen molar-refractivity contribution >= 4 is 27.2 Å². The van der Waals surface area contributed by atoms with Gasteiger partial charge in [0.1, 0.15) is 17.1 Å². The van der Waals surface area contributed by atoms with Crippen molar-refractivity contribution in [2.45, 2.75) is 44.9 Å². The van der Waals surface area contributed by atoms with Crippen LogP contribution < -0.4 is 9.64 Å². The first kappa shape index (κ1) is 20.1. The maximum Gasteiger partial charge on any atom is 0.153 e. The fourth-order valence-electron chi connectivity index (χ4n) is 4.10. The van der Waals surface area contributed by atoms with Gasteiger partial charge in [-0.05, 0) is 55.7 Å². The van der Waals surface area contributed by atoms with Crippen LogP contribution >= 0.6 is 11.3 Å². The molecule has 6 heteroatoms. The van der Waals surface area contributed by atoms with Crippen LogP contribution in [0.2, 0.25) is 0 Å². The Morgan fingerprint density at radius 3 is 2.72 bits per heavy atom. The Labute approximate surface area is 175 Å². The van der Waals surface area contributed by atoms with E-state index in [-0.39, 0.29) is 12.0 Å². The molecule has 3 aromatic rings.